The lowest BCUT2D eigenvalue weighted by Gasteiger charge is -2.33. The summed E-state index contributed by atoms with van der Waals surface area (Å²) in [5.74, 6) is 5.11. The van der Waals surface area contributed by atoms with E-state index in [0.717, 1.165) is 37.0 Å². The molecule has 2 amide bonds. The molecule has 2 fully saturated rings. The van der Waals surface area contributed by atoms with Gasteiger partial charge in [-0.05, 0) is 64.9 Å². The summed E-state index contributed by atoms with van der Waals surface area (Å²) >= 11 is 1.06. The highest BCUT2D eigenvalue weighted by Gasteiger charge is 2.40. The summed E-state index contributed by atoms with van der Waals surface area (Å²) < 4.78 is 0. The molecule has 3 rings (SSSR count). The van der Waals surface area contributed by atoms with Crippen molar-refractivity contribution in [3.8, 4) is 11.8 Å². The first-order valence-electron chi connectivity index (χ1n) is 10.6. The first-order chi connectivity index (χ1) is 14.1. The highest BCUT2D eigenvalue weighted by Crippen LogP contribution is 2.37. The van der Waals surface area contributed by atoms with Crippen LogP contribution in [-0.2, 0) is 9.59 Å². The number of hydrogen-bond acceptors (Lipinski definition) is 4. The Bertz CT molecular complexity index is 895. The summed E-state index contributed by atoms with van der Waals surface area (Å²) in [5, 5.41) is 12.6. The van der Waals surface area contributed by atoms with Crippen molar-refractivity contribution in [2.45, 2.75) is 65.8 Å². The Morgan fingerprint density at radius 3 is 2.40 bits per heavy atom. The van der Waals surface area contributed by atoms with E-state index in [1.54, 1.807) is 6.07 Å². The fourth-order valence-corrected chi connectivity index (χ4v) is 4.84. The van der Waals surface area contributed by atoms with Gasteiger partial charge in [0.1, 0.15) is 10.9 Å². The van der Waals surface area contributed by atoms with E-state index in [2.05, 4.69) is 24.1 Å². The monoisotopic (exact) mass is 430 g/mol. The maximum Gasteiger partial charge on any atom is 0.348 e. The van der Waals surface area contributed by atoms with Crippen LogP contribution in [0.1, 0.15) is 74.3 Å². The maximum atomic E-state index is 13.6. The Kier molecular flexibility index (Phi) is 6.56. The van der Waals surface area contributed by atoms with Crippen LogP contribution in [0.25, 0.3) is 0 Å². The highest BCUT2D eigenvalue weighted by molar-refractivity contribution is 7.15. The number of carbonyl (C=O) groups is 3. The molecule has 0 aromatic carbocycles. The Morgan fingerprint density at radius 2 is 1.87 bits per heavy atom. The third-order valence-corrected chi connectivity index (χ3v) is 6.69. The van der Waals surface area contributed by atoms with Gasteiger partial charge in [0.05, 0.1) is 10.6 Å². The van der Waals surface area contributed by atoms with Gasteiger partial charge in [-0.25, -0.2) is 4.79 Å². The summed E-state index contributed by atoms with van der Waals surface area (Å²) in [6.07, 6.45) is 3.96. The van der Waals surface area contributed by atoms with E-state index < -0.39 is 12.0 Å². The Morgan fingerprint density at radius 1 is 1.20 bits per heavy atom. The predicted octanol–water partition coefficient (Wildman–Crippen LogP) is 3.89. The lowest BCUT2D eigenvalue weighted by Crippen LogP contribution is -2.48. The molecule has 1 aliphatic carbocycles. The number of carboxylic acids is 1. The van der Waals surface area contributed by atoms with E-state index in [4.69, 9.17) is 0 Å². The summed E-state index contributed by atoms with van der Waals surface area (Å²) in [7, 11) is 0. The maximum absolute atomic E-state index is 13.6. The summed E-state index contributed by atoms with van der Waals surface area (Å²) in [5.41, 5.74) is 0.0732. The molecule has 0 bridgehead atoms. The molecule has 2 heterocycles. The van der Waals surface area contributed by atoms with Crippen LogP contribution in [0.3, 0.4) is 0 Å². The van der Waals surface area contributed by atoms with Gasteiger partial charge in [-0.1, -0.05) is 18.8 Å². The molecule has 0 spiro atoms. The summed E-state index contributed by atoms with van der Waals surface area (Å²) in [6.45, 7) is 8.61. The number of aromatic carboxylic acids is 1. The normalized spacial score (nSPS) is 24.0. The molecule has 1 atom stereocenters. The molecule has 162 valence electrons. The van der Waals surface area contributed by atoms with Gasteiger partial charge in [-0.3, -0.25) is 14.5 Å². The average molecular weight is 431 g/mol. The molecule has 1 aromatic rings. The van der Waals surface area contributed by atoms with Crippen LogP contribution >= 0.6 is 11.3 Å². The second-order valence-electron chi connectivity index (χ2n) is 9.39. The molecule has 1 aliphatic heterocycles. The van der Waals surface area contributed by atoms with E-state index in [9.17, 15) is 19.5 Å². The molecular weight excluding hydrogens is 400 g/mol. The molecule has 1 saturated carbocycles. The highest BCUT2D eigenvalue weighted by atomic mass is 32.1. The molecule has 1 aromatic heterocycles. The zero-order chi connectivity index (χ0) is 22.1. The second-order valence-corrected chi connectivity index (χ2v) is 10.4. The van der Waals surface area contributed by atoms with Crippen LogP contribution < -0.4 is 10.2 Å². The van der Waals surface area contributed by atoms with E-state index in [1.165, 1.54) is 4.90 Å². The Labute approximate surface area is 182 Å². The van der Waals surface area contributed by atoms with Gasteiger partial charge in [0, 0.05) is 17.9 Å². The minimum absolute atomic E-state index is 0.0606. The van der Waals surface area contributed by atoms with E-state index in [1.807, 2.05) is 20.8 Å². The fourth-order valence-electron chi connectivity index (χ4n) is 4.00. The van der Waals surface area contributed by atoms with Crippen molar-refractivity contribution in [2.24, 2.45) is 17.3 Å². The molecule has 7 heteroatoms. The molecule has 30 heavy (non-hydrogen) atoms. The third kappa shape index (κ3) is 5.04. The molecule has 2 N–H and O–H groups in total. The van der Waals surface area contributed by atoms with E-state index in [0.29, 0.717) is 29.4 Å². The number of anilines is 1. The van der Waals surface area contributed by atoms with Crippen molar-refractivity contribution in [1.82, 2.24) is 5.32 Å². The largest absolute Gasteiger partial charge is 0.477 e. The smallest absolute Gasteiger partial charge is 0.348 e. The SMILES string of the molecule is CC(C)(C)C#Cc1cc(N(C(=O)[C@H]2CC[C@H](C)CC2)[C@H]2CCNC2=O)c(C(=O)O)s1. The molecule has 0 radical (unpaired) electrons. The van der Waals surface area contributed by atoms with Crippen LogP contribution in [0, 0.1) is 29.1 Å². The number of hydrogen-bond donors (Lipinski definition) is 2. The summed E-state index contributed by atoms with van der Waals surface area (Å²) in [6, 6.07) is 0.995. The predicted molar refractivity (Wildman–Crippen MR) is 118 cm³/mol. The van der Waals surface area contributed by atoms with Crippen molar-refractivity contribution in [3.05, 3.63) is 15.8 Å². The number of rotatable bonds is 4. The first-order valence-corrected chi connectivity index (χ1v) is 11.4. The molecule has 6 nitrogen and oxygen atoms in total. The lowest BCUT2D eigenvalue weighted by atomic mass is 9.82. The Balaban J connectivity index is 2.03. The van der Waals surface area contributed by atoms with Crippen LogP contribution in [0.5, 0.6) is 0 Å². The van der Waals surface area contributed by atoms with Crippen molar-refractivity contribution >= 4 is 34.8 Å². The van der Waals surface area contributed by atoms with Gasteiger partial charge in [0.25, 0.3) is 0 Å². The van der Waals surface area contributed by atoms with Crippen LogP contribution in [0.15, 0.2) is 6.07 Å². The zero-order valence-electron chi connectivity index (χ0n) is 18.1. The number of nitrogens with zero attached hydrogens (tertiary/aromatic N) is 1. The topological polar surface area (TPSA) is 86.7 Å². The van der Waals surface area contributed by atoms with Gasteiger partial charge in [0.2, 0.25) is 11.8 Å². The van der Waals surface area contributed by atoms with Crippen LogP contribution in [-0.4, -0.2) is 35.5 Å². The lowest BCUT2D eigenvalue weighted by molar-refractivity contribution is -0.127. The Hall–Kier alpha value is -2.33. The first kappa shape index (κ1) is 22.4. The molecule has 1 saturated heterocycles. The van der Waals surface area contributed by atoms with Crippen molar-refractivity contribution in [2.75, 3.05) is 11.4 Å². The molecular formula is C23H30N2O4S. The van der Waals surface area contributed by atoms with Gasteiger partial charge in [0.15, 0.2) is 0 Å². The van der Waals surface area contributed by atoms with Crippen molar-refractivity contribution in [1.29, 1.82) is 0 Å². The van der Waals surface area contributed by atoms with Crippen LogP contribution in [0.4, 0.5) is 5.69 Å². The standard InChI is InChI=1S/C23H30N2O4S/c1-14-5-7-15(8-6-14)21(27)25(17-10-12-24-20(17)26)18-13-16(9-11-23(2,3)4)30-19(18)22(28)29/h13-15,17H,5-8,10,12H2,1-4H3,(H,24,26)(H,28,29)/t14-,15-,17-/m0/s1. The number of amides is 2. The zero-order valence-corrected chi connectivity index (χ0v) is 18.9. The van der Waals surface area contributed by atoms with Gasteiger partial charge in [-0.2, -0.15) is 0 Å². The number of carboxylic acid groups (broad SMARTS) is 1. The quantitative estimate of drug-likeness (QED) is 0.710. The van der Waals surface area contributed by atoms with E-state index in [-0.39, 0.29) is 28.0 Å². The molecule has 0 unspecified atom stereocenters. The van der Waals surface area contributed by atoms with Crippen molar-refractivity contribution in [3.63, 3.8) is 0 Å². The van der Waals surface area contributed by atoms with Crippen molar-refractivity contribution < 1.29 is 19.5 Å². The number of thiophene rings is 1. The average Bonchev–Trinajstić information content (AvgIpc) is 3.27. The minimum atomic E-state index is -1.10. The molecule has 2 aliphatic rings. The van der Waals surface area contributed by atoms with Gasteiger partial charge >= 0.3 is 5.97 Å². The number of carbonyl (C=O) groups excluding carboxylic acids is 2. The third-order valence-electron chi connectivity index (χ3n) is 5.66. The summed E-state index contributed by atoms with van der Waals surface area (Å²) in [4.78, 5) is 40.2. The van der Waals surface area contributed by atoms with Gasteiger partial charge in [-0.15, -0.1) is 11.3 Å². The van der Waals surface area contributed by atoms with Gasteiger partial charge < -0.3 is 10.4 Å². The van der Waals surface area contributed by atoms with Crippen LogP contribution in [0.2, 0.25) is 0 Å². The second kappa shape index (κ2) is 8.81. The van der Waals surface area contributed by atoms with E-state index >= 15 is 0 Å². The number of nitrogens with one attached hydrogen (secondary N) is 1. The fraction of sp³-hybridized carbons (Fsp3) is 0.609. The minimum Gasteiger partial charge on any atom is -0.477 e.